The Hall–Kier alpha value is -1.96. The Balaban J connectivity index is 2.48. The molecule has 0 amide bonds. The van der Waals surface area contributed by atoms with Gasteiger partial charge >= 0.3 is 5.82 Å². The summed E-state index contributed by atoms with van der Waals surface area (Å²) in [4.78, 5) is 10.4. The van der Waals surface area contributed by atoms with E-state index in [4.69, 9.17) is 9.94 Å². The summed E-state index contributed by atoms with van der Waals surface area (Å²) in [7, 11) is 1.81. The predicted octanol–water partition coefficient (Wildman–Crippen LogP) is 0.540. The molecule has 1 heterocycles. The summed E-state index contributed by atoms with van der Waals surface area (Å²) in [5.41, 5.74) is -0.989. The molecule has 0 aliphatic heterocycles. The summed E-state index contributed by atoms with van der Waals surface area (Å²) in [6, 6.07) is 0. The van der Waals surface area contributed by atoms with Gasteiger partial charge in [0.1, 0.15) is 12.4 Å². The molecule has 0 bridgehead atoms. The van der Waals surface area contributed by atoms with Crippen molar-refractivity contribution >= 4 is 6.21 Å². The Kier molecular flexibility index (Phi) is 4.99. The molecular weight excluding hydrogens is 252 g/mol. The number of nitro groups is 1. The molecule has 0 aliphatic rings. The van der Waals surface area contributed by atoms with Crippen LogP contribution in [0.15, 0.2) is 17.5 Å². The van der Waals surface area contributed by atoms with Crippen LogP contribution >= 0.6 is 0 Å². The lowest BCUT2D eigenvalue weighted by atomic mass is 10.0. The zero-order chi connectivity index (χ0) is 14.5. The van der Waals surface area contributed by atoms with E-state index in [0.29, 0.717) is 12.2 Å². The largest absolute Gasteiger partial charge is 0.411 e. The van der Waals surface area contributed by atoms with Crippen molar-refractivity contribution in [2.24, 2.45) is 12.2 Å². The summed E-state index contributed by atoms with van der Waals surface area (Å²) in [5.74, 6) is 0.663. The zero-order valence-corrected chi connectivity index (χ0v) is 11.3. The molecule has 0 spiro atoms. The molecular formula is C11H19N4O4+. The highest BCUT2D eigenvalue weighted by Gasteiger charge is 2.30. The first-order valence-corrected chi connectivity index (χ1v) is 5.83. The third-order valence-electron chi connectivity index (χ3n) is 2.88. The molecule has 0 fully saturated rings. The number of ether oxygens (including phenoxy) is 1. The van der Waals surface area contributed by atoms with Crippen molar-refractivity contribution in [1.29, 1.82) is 0 Å². The summed E-state index contributed by atoms with van der Waals surface area (Å²) >= 11 is 0. The first-order chi connectivity index (χ1) is 8.88. The highest BCUT2D eigenvalue weighted by molar-refractivity contribution is 5.72. The van der Waals surface area contributed by atoms with Crippen LogP contribution in [0.5, 0.6) is 0 Å². The van der Waals surface area contributed by atoms with Gasteiger partial charge in [0.2, 0.25) is 5.54 Å². The maximum absolute atomic E-state index is 10.7. The smallest absolute Gasteiger partial charge is 0.305 e. The van der Waals surface area contributed by atoms with E-state index in [9.17, 15) is 10.1 Å². The molecule has 1 aromatic rings. The van der Waals surface area contributed by atoms with Crippen molar-refractivity contribution in [3.63, 3.8) is 0 Å². The normalized spacial score (nSPS) is 12.2. The Morgan fingerprint density at radius 2 is 2.37 bits per heavy atom. The van der Waals surface area contributed by atoms with Crippen LogP contribution < -0.4 is 4.57 Å². The fraction of sp³-hybridized carbons (Fsp3) is 0.636. The molecule has 1 N–H and O–H groups in total. The van der Waals surface area contributed by atoms with Crippen molar-refractivity contribution in [2.75, 3.05) is 6.61 Å². The van der Waals surface area contributed by atoms with Crippen LogP contribution in [0.1, 0.15) is 26.1 Å². The van der Waals surface area contributed by atoms with E-state index in [1.165, 1.54) is 6.21 Å². The second-order valence-corrected chi connectivity index (χ2v) is 4.84. The van der Waals surface area contributed by atoms with Crippen molar-refractivity contribution in [1.82, 2.24) is 4.57 Å². The van der Waals surface area contributed by atoms with Crippen LogP contribution in [-0.2, 0) is 18.5 Å². The molecule has 1 aromatic heterocycles. The van der Waals surface area contributed by atoms with Crippen LogP contribution in [-0.4, -0.2) is 33.1 Å². The van der Waals surface area contributed by atoms with E-state index >= 15 is 0 Å². The van der Waals surface area contributed by atoms with Crippen LogP contribution in [0.4, 0.5) is 0 Å². The van der Waals surface area contributed by atoms with Crippen molar-refractivity contribution in [3.05, 3.63) is 28.3 Å². The number of imidazole rings is 1. The number of rotatable bonds is 7. The lowest BCUT2D eigenvalue weighted by Gasteiger charge is -2.14. The van der Waals surface area contributed by atoms with E-state index in [2.05, 4.69) is 5.16 Å². The van der Waals surface area contributed by atoms with Gasteiger partial charge in [-0.25, -0.2) is 9.13 Å². The Morgan fingerprint density at radius 3 is 2.95 bits per heavy atom. The first kappa shape index (κ1) is 15.1. The first-order valence-electron chi connectivity index (χ1n) is 5.83. The van der Waals surface area contributed by atoms with Crippen LogP contribution in [0.2, 0.25) is 0 Å². The quantitative estimate of drug-likeness (QED) is 0.195. The number of aryl methyl sites for hydroxylation is 1. The van der Waals surface area contributed by atoms with E-state index in [1.54, 1.807) is 35.4 Å². The second-order valence-electron chi connectivity index (χ2n) is 4.84. The molecule has 0 radical (unpaired) electrons. The van der Waals surface area contributed by atoms with Gasteiger partial charge in [-0.15, -0.1) is 0 Å². The average Bonchev–Trinajstić information content (AvgIpc) is 2.67. The van der Waals surface area contributed by atoms with Gasteiger partial charge in [0.05, 0.1) is 13.7 Å². The van der Waals surface area contributed by atoms with E-state index in [0.717, 1.165) is 0 Å². The molecule has 8 heteroatoms. The molecule has 0 aliphatic carbocycles. The van der Waals surface area contributed by atoms with E-state index in [1.807, 2.05) is 7.05 Å². The summed E-state index contributed by atoms with van der Waals surface area (Å²) < 4.78 is 8.91. The minimum absolute atomic E-state index is 0.246. The van der Waals surface area contributed by atoms with Gasteiger partial charge in [-0.05, 0) is 0 Å². The van der Waals surface area contributed by atoms with E-state index < -0.39 is 5.54 Å². The molecule has 19 heavy (non-hydrogen) atoms. The van der Waals surface area contributed by atoms with Gasteiger partial charge in [0, 0.05) is 25.2 Å². The monoisotopic (exact) mass is 271 g/mol. The lowest BCUT2D eigenvalue weighted by Crippen LogP contribution is -2.33. The second kappa shape index (κ2) is 6.28. The number of hydrogen-bond acceptors (Lipinski definition) is 5. The van der Waals surface area contributed by atoms with Crippen molar-refractivity contribution in [3.8, 4) is 0 Å². The molecule has 1 rings (SSSR count). The fourth-order valence-electron chi connectivity index (χ4n) is 1.44. The zero-order valence-electron chi connectivity index (χ0n) is 11.3. The third-order valence-corrected chi connectivity index (χ3v) is 2.88. The number of aromatic nitrogens is 2. The van der Waals surface area contributed by atoms with Crippen molar-refractivity contribution in [2.45, 2.75) is 32.5 Å². The summed E-state index contributed by atoms with van der Waals surface area (Å²) in [5, 5.41) is 22.3. The number of hydrogen-bond donors (Lipinski definition) is 1. The van der Waals surface area contributed by atoms with Gasteiger partial charge < -0.3 is 9.94 Å². The number of nitrogens with zero attached hydrogens (tertiary/aromatic N) is 4. The average molecular weight is 271 g/mol. The minimum atomic E-state index is -0.989. The highest BCUT2D eigenvalue weighted by Crippen LogP contribution is 2.12. The highest BCUT2D eigenvalue weighted by atomic mass is 16.6. The maximum atomic E-state index is 10.7. The van der Waals surface area contributed by atoms with E-state index in [-0.39, 0.29) is 18.3 Å². The lowest BCUT2D eigenvalue weighted by molar-refractivity contribution is -0.672. The SMILES string of the molecule is C[n+]1ccn(COCCC(C)(C)[N+](=O)[O-])c1/C=N\O. The Morgan fingerprint density at radius 1 is 1.68 bits per heavy atom. The predicted molar refractivity (Wildman–Crippen MR) is 66.6 cm³/mol. The van der Waals surface area contributed by atoms with Gasteiger partial charge in [-0.3, -0.25) is 10.1 Å². The third kappa shape index (κ3) is 4.02. The number of oxime groups is 1. The Bertz CT molecular complexity index is 467. The minimum Gasteiger partial charge on any atom is -0.411 e. The topological polar surface area (TPSA) is 93.8 Å². The van der Waals surface area contributed by atoms with Gasteiger partial charge in [0.25, 0.3) is 0 Å². The molecule has 106 valence electrons. The maximum Gasteiger partial charge on any atom is 0.305 e. The molecule has 0 aromatic carbocycles. The van der Waals surface area contributed by atoms with Gasteiger partial charge in [-0.1, -0.05) is 5.16 Å². The molecule has 8 nitrogen and oxygen atoms in total. The van der Waals surface area contributed by atoms with Crippen LogP contribution in [0.25, 0.3) is 0 Å². The summed E-state index contributed by atoms with van der Waals surface area (Å²) in [6.07, 6.45) is 5.19. The fourth-order valence-corrected chi connectivity index (χ4v) is 1.44. The van der Waals surface area contributed by atoms with Crippen molar-refractivity contribution < 1.29 is 19.4 Å². The molecule has 0 saturated heterocycles. The van der Waals surface area contributed by atoms with Crippen LogP contribution in [0, 0.1) is 10.1 Å². The summed E-state index contributed by atoms with van der Waals surface area (Å²) in [6.45, 7) is 3.66. The molecule has 0 atom stereocenters. The van der Waals surface area contributed by atoms with Gasteiger partial charge in [0.15, 0.2) is 12.9 Å². The standard InChI is InChI=1S/C11H18N4O4/c1-11(2,15(17)18)4-7-19-9-14-6-5-13(3)10(14)8-12-16/h5-6,8H,4,7,9H2,1-3H3/p+1. The molecule has 0 saturated carbocycles. The van der Waals surface area contributed by atoms with Crippen LogP contribution in [0.3, 0.4) is 0 Å². The Labute approximate surface area is 111 Å². The molecule has 0 unspecified atom stereocenters. The van der Waals surface area contributed by atoms with Gasteiger partial charge in [-0.2, -0.15) is 0 Å².